The van der Waals surface area contributed by atoms with Gasteiger partial charge in [-0.15, -0.1) is 11.8 Å². The molecular weight excluding hydrogens is 172 g/mol. The molecule has 2 rings (SSSR count). The lowest BCUT2D eigenvalue weighted by Gasteiger charge is -2.01. The Morgan fingerprint density at radius 3 is 3.00 bits per heavy atom. The predicted molar refractivity (Wildman–Crippen MR) is 48.5 cm³/mol. The first-order chi connectivity index (χ1) is 5.83. The number of aromatic nitrogens is 2. The third-order valence-corrected chi connectivity index (χ3v) is 2.43. The summed E-state index contributed by atoms with van der Waals surface area (Å²) < 4.78 is 0. The van der Waals surface area contributed by atoms with Crippen LogP contribution in [0.3, 0.4) is 0 Å². The van der Waals surface area contributed by atoms with Gasteiger partial charge in [0.25, 0.3) is 5.82 Å². The second-order valence-electron chi connectivity index (χ2n) is 2.52. The summed E-state index contributed by atoms with van der Waals surface area (Å²) in [5.74, 6) is 0.967. The van der Waals surface area contributed by atoms with Crippen molar-refractivity contribution in [2.24, 2.45) is 4.99 Å². The number of quaternary nitrogens is 1. The van der Waals surface area contributed by atoms with Crippen LogP contribution in [0.15, 0.2) is 16.3 Å². The lowest BCUT2D eigenvalue weighted by molar-refractivity contribution is -0.696. The molecule has 0 bridgehead atoms. The summed E-state index contributed by atoms with van der Waals surface area (Å²) in [7, 11) is 2.01. The maximum atomic E-state index is 4.24. The molecule has 62 valence electrons. The fraction of sp³-hybridized carbons (Fsp3) is 0.286. The number of hydrogen-bond donors (Lipinski definition) is 1. The van der Waals surface area contributed by atoms with Gasteiger partial charge in [-0.05, 0) is 6.26 Å². The minimum Gasteiger partial charge on any atom is -0.244 e. The van der Waals surface area contributed by atoms with Crippen molar-refractivity contribution in [1.29, 1.82) is 0 Å². The standard InChI is InChI=1S/C7H8N4S/c1-11-4-10-5-6(11)8-3-9-7(5)12-2/h3-4H,1-2H3/p+1. The van der Waals surface area contributed by atoms with E-state index in [1.54, 1.807) is 18.1 Å². The highest BCUT2D eigenvalue weighted by Gasteiger charge is 2.22. The highest BCUT2D eigenvalue weighted by atomic mass is 32.2. The summed E-state index contributed by atoms with van der Waals surface area (Å²) >= 11 is 1.60. The van der Waals surface area contributed by atoms with Crippen LogP contribution in [-0.4, -0.2) is 29.6 Å². The number of thioether (sulfide) groups is 1. The van der Waals surface area contributed by atoms with Gasteiger partial charge in [0.2, 0.25) is 0 Å². The Balaban J connectivity index is 2.57. The monoisotopic (exact) mass is 181 g/mol. The van der Waals surface area contributed by atoms with E-state index in [0.29, 0.717) is 0 Å². The Hall–Kier alpha value is -0.940. The van der Waals surface area contributed by atoms with E-state index in [4.69, 9.17) is 0 Å². The molecule has 5 heteroatoms. The summed E-state index contributed by atoms with van der Waals surface area (Å²) in [5.41, 5.74) is 0.919. The average molecular weight is 181 g/mol. The largest absolute Gasteiger partial charge is 0.262 e. The van der Waals surface area contributed by atoms with Crippen molar-refractivity contribution >= 4 is 29.6 Å². The topological polar surface area (TPSA) is 42.6 Å². The summed E-state index contributed by atoms with van der Waals surface area (Å²) in [6.45, 7) is 0. The normalized spacial score (nSPS) is 19.7. The Morgan fingerprint density at radius 1 is 1.42 bits per heavy atom. The Kier molecular flexibility index (Phi) is 1.82. The molecule has 0 saturated heterocycles. The van der Waals surface area contributed by atoms with Crippen molar-refractivity contribution in [2.75, 3.05) is 13.3 Å². The first-order valence-corrected chi connectivity index (χ1v) is 4.82. The van der Waals surface area contributed by atoms with Crippen LogP contribution in [-0.2, 0) is 0 Å². The van der Waals surface area contributed by atoms with Gasteiger partial charge in [-0.2, -0.15) is 9.98 Å². The lowest BCUT2D eigenvalue weighted by atomic mass is 10.5. The van der Waals surface area contributed by atoms with Crippen LogP contribution in [0.4, 0.5) is 11.5 Å². The van der Waals surface area contributed by atoms with Crippen molar-refractivity contribution in [1.82, 2.24) is 9.97 Å². The molecular formula is C7H9N4S+. The van der Waals surface area contributed by atoms with Crippen LogP contribution in [0.1, 0.15) is 0 Å². The molecule has 1 aliphatic rings. The van der Waals surface area contributed by atoms with Crippen molar-refractivity contribution in [3.8, 4) is 0 Å². The van der Waals surface area contributed by atoms with Gasteiger partial charge in [0.05, 0.1) is 7.05 Å². The molecule has 1 atom stereocenters. The van der Waals surface area contributed by atoms with Gasteiger partial charge in [0, 0.05) is 0 Å². The second-order valence-corrected chi connectivity index (χ2v) is 3.32. The molecule has 0 fully saturated rings. The lowest BCUT2D eigenvalue weighted by Crippen LogP contribution is -3.02. The van der Waals surface area contributed by atoms with E-state index < -0.39 is 0 Å². The van der Waals surface area contributed by atoms with Crippen molar-refractivity contribution in [3.63, 3.8) is 0 Å². The van der Waals surface area contributed by atoms with Gasteiger partial charge < -0.3 is 0 Å². The van der Waals surface area contributed by atoms with E-state index in [1.807, 2.05) is 19.6 Å². The van der Waals surface area contributed by atoms with Crippen LogP contribution in [0.25, 0.3) is 0 Å². The van der Waals surface area contributed by atoms with Crippen LogP contribution in [0.2, 0.25) is 0 Å². The average Bonchev–Trinajstić information content (AvgIpc) is 2.48. The highest BCUT2D eigenvalue weighted by molar-refractivity contribution is 7.98. The molecule has 12 heavy (non-hydrogen) atoms. The summed E-state index contributed by atoms with van der Waals surface area (Å²) in [6, 6.07) is 0. The van der Waals surface area contributed by atoms with E-state index >= 15 is 0 Å². The Bertz CT molecular complexity index is 336. The van der Waals surface area contributed by atoms with Gasteiger partial charge in [-0.1, -0.05) is 0 Å². The molecule has 0 aliphatic carbocycles. The third kappa shape index (κ3) is 1.02. The van der Waals surface area contributed by atoms with E-state index in [1.165, 1.54) is 0 Å². The summed E-state index contributed by atoms with van der Waals surface area (Å²) in [4.78, 5) is 13.6. The Morgan fingerprint density at radius 2 is 2.25 bits per heavy atom. The number of rotatable bonds is 1. The number of aliphatic imine (C=N–C) groups is 1. The molecule has 1 N–H and O–H groups in total. The molecule has 0 amide bonds. The molecule has 0 saturated carbocycles. The fourth-order valence-electron chi connectivity index (χ4n) is 1.14. The summed E-state index contributed by atoms with van der Waals surface area (Å²) in [6.07, 6.45) is 5.41. The van der Waals surface area contributed by atoms with Crippen molar-refractivity contribution in [3.05, 3.63) is 6.33 Å². The molecule has 2 heterocycles. The zero-order chi connectivity index (χ0) is 8.55. The van der Waals surface area contributed by atoms with Gasteiger partial charge in [0.15, 0.2) is 12.0 Å². The minimum atomic E-state index is 0.919. The maximum absolute atomic E-state index is 4.24. The number of nitrogens with one attached hydrogen (secondary N) is 1. The van der Waals surface area contributed by atoms with Gasteiger partial charge in [-0.25, -0.2) is 9.88 Å². The van der Waals surface area contributed by atoms with E-state index in [0.717, 1.165) is 21.4 Å². The molecule has 1 aromatic heterocycles. The number of hydrogen-bond acceptors (Lipinski definition) is 4. The highest BCUT2D eigenvalue weighted by Crippen LogP contribution is 2.30. The van der Waals surface area contributed by atoms with E-state index in [2.05, 4.69) is 15.0 Å². The molecule has 0 spiro atoms. The predicted octanol–water partition coefficient (Wildman–Crippen LogP) is 0.0181. The van der Waals surface area contributed by atoms with Crippen LogP contribution in [0, 0.1) is 0 Å². The quantitative estimate of drug-likeness (QED) is 0.490. The van der Waals surface area contributed by atoms with Gasteiger partial charge >= 0.3 is 0 Å². The first kappa shape index (κ1) is 7.70. The van der Waals surface area contributed by atoms with Crippen LogP contribution < -0.4 is 4.90 Å². The van der Waals surface area contributed by atoms with Crippen molar-refractivity contribution in [2.45, 2.75) is 5.03 Å². The maximum Gasteiger partial charge on any atom is 0.262 e. The van der Waals surface area contributed by atoms with E-state index in [-0.39, 0.29) is 0 Å². The second kappa shape index (κ2) is 2.84. The zero-order valence-corrected chi connectivity index (χ0v) is 7.72. The molecule has 1 unspecified atom stereocenters. The van der Waals surface area contributed by atoms with Gasteiger partial charge in [-0.3, -0.25) is 0 Å². The fourth-order valence-corrected chi connectivity index (χ4v) is 1.63. The van der Waals surface area contributed by atoms with Crippen LogP contribution in [0.5, 0.6) is 0 Å². The Labute approximate surface area is 74.7 Å². The molecule has 1 aliphatic heterocycles. The van der Waals surface area contributed by atoms with Crippen molar-refractivity contribution < 1.29 is 4.90 Å². The van der Waals surface area contributed by atoms with E-state index in [9.17, 15) is 0 Å². The summed E-state index contributed by atoms with van der Waals surface area (Å²) in [5, 5.41) is 0.952. The molecule has 1 aromatic rings. The van der Waals surface area contributed by atoms with Gasteiger partial charge in [0.1, 0.15) is 11.4 Å². The number of fused-ring (bicyclic) bond motifs is 1. The first-order valence-electron chi connectivity index (χ1n) is 3.60. The molecule has 0 aromatic carbocycles. The minimum absolute atomic E-state index is 0.919. The molecule has 0 radical (unpaired) electrons. The zero-order valence-electron chi connectivity index (χ0n) is 6.90. The van der Waals surface area contributed by atoms with Crippen LogP contribution >= 0.6 is 11.8 Å². The SMILES string of the molecule is CSc1ncnc2c1N=C[NH+]2C. The smallest absolute Gasteiger partial charge is 0.244 e. The number of nitrogens with zero attached hydrogens (tertiary/aromatic N) is 3. The third-order valence-electron chi connectivity index (χ3n) is 1.74. The molecule has 4 nitrogen and oxygen atoms in total.